The van der Waals surface area contributed by atoms with Gasteiger partial charge >= 0.3 is 0 Å². The summed E-state index contributed by atoms with van der Waals surface area (Å²) in [6, 6.07) is 10.1. The molecule has 1 amide bonds. The highest BCUT2D eigenvalue weighted by Crippen LogP contribution is 2.14. The van der Waals surface area contributed by atoms with Gasteiger partial charge in [-0.05, 0) is 32.0 Å². The van der Waals surface area contributed by atoms with E-state index in [9.17, 15) is 4.79 Å². The highest BCUT2D eigenvalue weighted by Gasteiger charge is 2.24. The highest BCUT2D eigenvalue weighted by molar-refractivity contribution is 5.78. The Labute approximate surface area is 130 Å². The van der Waals surface area contributed by atoms with Crippen LogP contribution in [0.1, 0.15) is 17.8 Å². The summed E-state index contributed by atoms with van der Waals surface area (Å²) < 4.78 is 1.78. The first kappa shape index (κ1) is 14.7. The van der Waals surface area contributed by atoms with E-state index >= 15 is 0 Å². The summed E-state index contributed by atoms with van der Waals surface area (Å²) >= 11 is 0. The van der Waals surface area contributed by atoms with E-state index < -0.39 is 0 Å². The van der Waals surface area contributed by atoms with E-state index in [0.717, 1.165) is 36.6 Å². The van der Waals surface area contributed by atoms with Crippen LogP contribution < -0.4 is 5.32 Å². The van der Waals surface area contributed by atoms with Crippen LogP contribution in [0.15, 0.2) is 30.3 Å². The molecule has 3 rings (SSSR count). The van der Waals surface area contributed by atoms with E-state index in [4.69, 9.17) is 0 Å². The van der Waals surface area contributed by atoms with Crippen molar-refractivity contribution in [2.45, 2.75) is 25.8 Å². The number of hydrogen-bond acceptors (Lipinski definition) is 4. The molecule has 1 saturated heterocycles. The Morgan fingerprint density at radius 2 is 2.18 bits per heavy atom. The quantitative estimate of drug-likeness (QED) is 0.912. The van der Waals surface area contributed by atoms with Gasteiger partial charge < -0.3 is 10.2 Å². The maximum atomic E-state index is 12.4. The van der Waals surface area contributed by atoms with Crippen molar-refractivity contribution in [1.29, 1.82) is 0 Å². The molecule has 1 aromatic heterocycles. The Balaban J connectivity index is 1.73. The van der Waals surface area contributed by atoms with Crippen LogP contribution in [0.25, 0.3) is 5.69 Å². The van der Waals surface area contributed by atoms with Crippen LogP contribution in [0, 0.1) is 6.92 Å². The smallest absolute Gasteiger partial charge is 0.228 e. The molecule has 22 heavy (non-hydrogen) atoms. The fraction of sp³-hybridized carbons (Fsp3) is 0.438. The number of hydrogen-bond donors (Lipinski definition) is 1. The second kappa shape index (κ2) is 6.27. The first-order valence-electron chi connectivity index (χ1n) is 7.60. The summed E-state index contributed by atoms with van der Waals surface area (Å²) in [5, 5.41) is 11.7. The first-order valence-corrected chi connectivity index (χ1v) is 7.60. The van der Waals surface area contributed by atoms with Crippen LogP contribution in [0.4, 0.5) is 0 Å². The molecule has 6 nitrogen and oxygen atoms in total. The summed E-state index contributed by atoms with van der Waals surface area (Å²) in [4.78, 5) is 14.3. The lowest BCUT2D eigenvalue weighted by Gasteiger charge is -2.23. The molecular weight excluding hydrogens is 278 g/mol. The first-order chi connectivity index (χ1) is 10.7. The average molecular weight is 299 g/mol. The molecule has 1 fully saturated rings. The number of para-hydroxylation sites is 1. The predicted octanol–water partition coefficient (Wildman–Crippen LogP) is 0.939. The zero-order valence-electron chi connectivity index (χ0n) is 13.0. The van der Waals surface area contributed by atoms with E-state index in [-0.39, 0.29) is 11.9 Å². The van der Waals surface area contributed by atoms with Gasteiger partial charge in [-0.1, -0.05) is 23.4 Å². The van der Waals surface area contributed by atoms with Crippen molar-refractivity contribution in [1.82, 2.24) is 25.2 Å². The molecular formula is C16H21N5O. The van der Waals surface area contributed by atoms with Gasteiger partial charge in [0, 0.05) is 19.6 Å². The van der Waals surface area contributed by atoms with E-state index in [1.807, 2.05) is 49.2 Å². The summed E-state index contributed by atoms with van der Waals surface area (Å²) in [7, 11) is 1.87. The van der Waals surface area contributed by atoms with Gasteiger partial charge in [-0.2, -0.15) is 0 Å². The molecule has 0 aliphatic carbocycles. The van der Waals surface area contributed by atoms with Crippen molar-refractivity contribution in [3.05, 3.63) is 41.7 Å². The SMILES string of the molecule is Cc1c(CC(=O)N(C)[C@@H]2CCNC2)nnn1-c1ccccc1. The number of carbonyl (C=O) groups is 1. The Morgan fingerprint density at radius 1 is 1.41 bits per heavy atom. The fourth-order valence-corrected chi connectivity index (χ4v) is 2.78. The zero-order valence-corrected chi connectivity index (χ0v) is 13.0. The van der Waals surface area contributed by atoms with Crippen LogP contribution in [0.5, 0.6) is 0 Å². The van der Waals surface area contributed by atoms with E-state index in [1.165, 1.54) is 0 Å². The molecule has 1 aromatic carbocycles. The van der Waals surface area contributed by atoms with Crippen molar-refractivity contribution in [2.24, 2.45) is 0 Å². The lowest BCUT2D eigenvalue weighted by molar-refractivity contribution is -0.130. The third-order valence-corrected chi connectivity index (χ3v) is 4.29. The van der Waals surface area contributed by atoms with Crippen LogP contribution in [-0.2, 0) is 11.2 Å². The number of likely N-dealkylation sites (N-methyl/N-ethyl adjacent to an activating group) is 1. The van der Waals surface area contributed by atoms with E-state index in [0.29, 0.717) is 6.42 Å². The monoisotopic (exact) mass is 299 g/mol. The number of aromatic nitrogens is 3. The lowest BCUT2D eigenvalue weighted by Crippen LogP contribution is -2.39. The van der Waals surface area contributed by atoms with Crippen molar-refractivity contribution in [3.63, 3.8) is 0 Å². The second-order valence-electron chi connectivity index (χ2n) is 5.70. The van der Waals surface area contributed by atoms with Crippen molar-refractivity contribution < 1.29 is 4.79 Å². The minimum Gasteiger partial charge on any atom is -0.341 e. The molecule has 0 radical (unpaired) electrons. The largest absolute Gasteiger partial charge is 0.341 e. The summed E-state index contributed by atoms with van der Waals surface area (Å²) in [5.41, 5.74) is 2.61. The fourth-order valence-electron chi connectivity index (χ4n) is 2.78. The number of nitrogens with zero attached hydrogens (tertiary/aromatic N) is 4. The minimum absolute atomic E-state index is 0.0944. The molecule has 0 bridgehead atoms. The van der Waals surface area contributed by atoms with Crippen molar-refractivity contribution in [3.8, 4) is 5.69 Å². The molecule has 1 aliphatic heterocycles. The van der Waals surface area contributed by atoms with Gasteiger partial charge in [-0.3, -0.25) is 4.79 Å². The number of amides is 1. The number of carbonyl (C=O) groups excluding carboxylic acids is 1. The maximum Gasteiger partial charge on any atom is 0.228 e. The number of nitrogens with one attached hydrogen (secondary N) is 1. The van der Waals surface area contributed by atoms with Gasteiger partial charge in [-0.25, -0.2) is 4.68 Å². The summed E-state index contributed by atoms with van der Waals surface area (Å²) in [6.45, 7) is 3.80. The van der Waals surface area contributed by atoms with Gasteiger partial charge in [0.2, 0.25) is 5.91 Å². The molecule has 0 saturated carbocycles. The van der Waals surface area contributed by atoms with Crippen LogP contribution >= 0.6 is 0 Å². The molecule has 6 heteroatoms. The van der Waals surface area contributed by atoms with Gasteiger partial charge in [0.15, 0.2) is 0 Å². The standard InChI is InChI=1S/C16H21N5O/c1-12-15(10-16(22)20(2)14-8-9-17-11-14)18-19-21(12)13-6-4-3-5-7-13/h3-7,14,17H,8-11H2,1-2H3/t14-/m1/s1. The topological polar surface area (TPSA) is 63.1 Å². The minimum atomic E-state index is 0.0944. The lowest BCUT2D eigenvalue weighted by atomic mass is 10.2. The Bertz CT molecular complexity index is 646. The Morgan fingerprint density at radius 3 is 2.86 bits per heavy atom. The van der Waals surface area contributed by atoms with Crippen molar-refractivity contribution in [2.75, 3.05) is 20.1 Å². The third-order valence-electron chi connectivity index (χ3n) is 4.29. The summed E-state index contributed by atoms with van der Waals surface area (Å²) in [5.74, 6) is 0.0944. The van der Waals surface area contributed by atoms with Crippen molar-refractivity contribution >= 4 is 5.91 Å². The maximum absolute atomic E-state index is 12.4. The van der Waals surface area contributed by atoms with Gasteiger partial charge in [0.1, 0.15) is 0 Å². The predicted molar refractivity (Wildman–Crippen MR) is 83.8 cm³/mol. The molecule has 2 aromatic rings. The third kappa shape index (κ3) is 2.87. The van der Waals surface area contributed by atoms with Gasteiger partial charge in [0.05, 0.1) is 23.5 Å². The molecule has 1 N–H and O–H groups in total. The molecule has 2 heterocycles. The van der Waals surface area contributed by atoms with Crippen LogP contribution in [0.2, 0.25) is 0 Å². The number of benzene rings is 1. The summed E-state index contributed by atoms with van der Waals surface area (Å²) in [6.07, 6.45) is 1.31. The van der Waals surface area contributed by atoms with Crippen LogP contribution in [0.3, 0.4) is 0 Å². The average Bonchev–Trinajstić information content (AvgIpc) is 3.18. The van der Waals surface area contributed by atoms with E-state index in [2.05, 4.69) is 15.6 Å². The molecule has 116 valence electrons. The molecule has 0 unspecified atom stereocenters. The van der Waals surface area contributed by atoms with Gasteiger partial charge in [0.25, 0.3) is 0 Å². The number of rotatable bonds is 4. The van der Waals surface area contributed by atoms with E-state index in [1.54, 1.807) is 4.68 Å². The normalized spacial score (nSPS) is 17.6. The highest BCUT2D eigenvalue weighted by atomic mass is 16.2. The molecule has 1 atom stereocenters. The zero-order chi connectivity index (χ0) is 15.5. The Hall–Kier alpha value is -2.21. The molecule has 0 spiro atoms. The Kier molecular flexibility index (Phi) is 4.20. The molecule has 1 aliphatic rings. The second-order valence-corrected chi connectivity index (χ2v) is 5.70. The van der Waals surface area contributed by atoms with Gasteiger partial charge in [-0.15, -0.1) is 5.10 Å². The van der Waals surface area contributed by atoms with Crippen LogP contribution in [-0.4, -0.2) is 52.0 Å².